The average Bonchev–Trinajstić information content (AvgIpc) is 3.46. The molecule has 1 aliphatic heterocycles. The highest BCUT2D eigenvalue weighted by Crippen LogP contribution is 2.37. The highest BCUT2D eigenvalue weighted by Gasteiger charge is 2.31. The van der Waals surface area contributed by atoms with Crippen LogP contribution >= 0.6 is 0 Å². The second kappa shape index (κ2) is 6.17. The number of halogens is 1. The molecule has 0 radical (unpaired) electrons. The number of aromatic nitrogens is 2. The Morgan fingerprint density at radius 2 is 2.12 bits per heavy atom. The maximum Gasteiger partial charge on any atom is 0.228 e. The predicted octanol–water partition coefficient (Wildman–Crippen LogP) is 2.58. The van der Waals surface area contributed by atoms with Gasteiger partial charge in [0.15, 0.2) is 6.23 Å². The molecule has 7 heteroatoms. The van der Waals surface area contributed by atoms with E-state index in [1.165, 1.54) is 0 Å². The molecule has 0 aromatic carbocycles. The van der Waals surface area contributed by atoms with Gasteiger partial charge in [-0.05, 0) is 31.4 Å². The lowest BCUT2D eigenvalue weighted by atomic mass is 9.95. The second-order valence-electron chi connectivity index (χ2n) is 6.77. The third-order valence-corrected chi connectivity index (χ3v) is 4.91. The molecule has 1 aliphatic carbocycles. The van der Waals surface area contributed by atoms with Crippen molar-refractivity contribution in [3.63, 3.8) is 0 Å². The van der Waals surface area contributed by atoms with E-state index < -0.39 is 12.0 Å². The Hall–Kier alpha value is -2.80. The fourth-order valence-corrected chi connectivity index (χ4v) is 3.10. The minimum atomic E-state index is -0.959. The number of aliphatic hydroxyl groups is 1. The van der Waals surface area contributed by atoms with Gasteiger partial charge in [-0.2, -0.15) is 0 Å². The lowest BCUT2D eigenvalue weighted by Crippen LogP contribution is -2.35. The number of amides is 1. The van der Waals surface area contributed by atoms with Crippen LogP contribution in [0, 0.1) is 18.7 Å². The Kier molecular flexibility index (Phi) is 3.96. The van der Waals surface area contributed by atoms with E-state index in [-0.39, 0.29) is 11.8 Å². The summed E-state index contributed by atoms with van der Waals surface area (Å²) in [6.07, 6.45) is 7.00. The van der Waals surface area contributed by atoms with Crippen LogP contribution in [-0.2, 0) is 4.79 Å². The summed E-state index contributed by atoms with van der Waals surface area (Å²) >= 11 is 0. The summed E-state index contributed by atoms with van der Waals surface area (Å²) < 4.78 is 13.9. The quantitative estimate of drug-likeness (QED) is 0.886. The number of rotatable bonds is 3. The molecule has 0 spiro atoms. The number of nitrogens with one attached hydrogen (secondary N) is 1. The number of fused-ring (bicyclic) bond motifs is 1. The van der Waals surface area contributed by atoms with Crippen LogP contribution in [0.1, 0.15) is 29.5 Å². The zero-order valence-corrected chi connectivity index (χ0v) is 14.5. The van der Waals surface area contributed by atoms with Crippen molar-refractivity contribution < 1.29 is 14.3 Å². The van der Waals surface area contributed by atoms with Gasteiger partial charge in [-0.25, -0.2) is 9.37 Å². The molecule has 26 heavy (non-hydrogen) atoms. The van der Waals surface area contributed by atoms with E-state index in [4.69, 9.17) is 0 Å². The molecule has 2 aliphatic rings. The van der Waals surface area contributed by atoms with Gasteiger partial charge < -0.3 is 15.3 Å². The van der Waals surface area contributed by atoms with Crippen LogP contribution in [0.2, 0.25) is 0 Å². The number of carbonyl (C=O) groups excluding carboxylic acids is 1. The molecule has 2 aromatic heterocycles. The molecule has 1 saturated carbocycles. The zero-order valence-electron chi connectivity index (χ0n) is 14.5. The monoisotopic (exact) mass is 354 g/mol. The summed E-state index contributed by atoms with van der Waals surface area (Å²) in [5, 5.41) is 13.5. The van der Waals surface area contributed by atoms with Crippen molar-refractivity contribution in [2.24, 2.45) is 5.92 Å². The van der Waals surface area contributed by atoms with Crippen LogP contribution in [0.3, 0.4) is 0 Å². The van der Waals surface area contributed by atoms with Gasteiger partial charge in [0.2, 0.25) is 5.91 Å². The molecule has 0 bridgehead atoms. The number of hydrogen-bond acceptors (Lipinski definition) is 5. The standard InChI is InChI=1S/C19H19FN4O2/c1-10-14(8-21-9-15(10)20)13-5-12-7-22-17(23-18(25)11-3-4-11)6-16(12)24(2)19(13)26/h5-9,11,19,26H,3-4H2,1-2H3,(H,22,23,25). The van der Waals surface area contributed by atoms with Gasteiger partial charge in [-0.15, -0.1) is 0 Å². The molecule has 1 atom stereocenters. The smallest absolute Gasteiger partial charge is 0.228 e. The number of carbonyl (C=O) groups is 1. The Morgan fingerprint density at radius 3 is 2.85 bits per heavy atom. The topological polar surface area (TPSA) is 78.4 Å². The fraction of sp³-hybridized carbons (Fsp3) is 0.316. The largest absolute Gasteiger partial charge is 0.369 e. The van der Waals surface area contributed by atoms with Crippen molar-refractivity contribution in [1.29, 1.82) is 0 Å². The number of hydrogen-bond donors (Lipinski definition) is 2. The van der Waals surface area contributed by atoms with Crippen LogP contribution < -0.4 is 10.2 Å². The van der Waals surface area contributed by atoms with Crippen LogP contribution in [0.4, 0.5) is 15.9 Å². The normalized spacial score (nSPS) is 19.0. The maximum atomic E-state index is 13.9. The average molecular weight is 354 g/mol. The van der Waals surface area contributed by atoms with Gasteiger partial charge in [0, 0.05) is 48.1 Å². The van der Waals surface area contributed by atoms with Gasteiger partial charge in [-0.1, -0.05) is 0 Å². The number of aliphatic hydroxyl groups excluding tert-OH is 1. The number of likely N-dealkylation sites (N-methyl/N-ethyl adjacent to an activating group) is 1. The predicted molar refractivity (Wildman–Crippen MR) is 96.8 cm³/mol. The third-order valence-electron chi connectivity index (χ3n) is 4.91. The molecule has 2 aromatic rings. The Bertz CT molecular complexity index is 924. The van der Waals surface area contributed by atoms with E-state index in [2.05, 4.69) is 15.3 Å². The van der Waals surface area contributed by atoms with E-state index in [1.807, 2.05) is 0 Å². The van der Waals surface area contributed by atoms with Crippen molar-refractivity contribution in [3.8, 4) is 0 Å². The summed E-state index contributed by atoms with van der Waals surface area (Å²) in [5.41, 5.74) is 3.07. The first-order chi connectivity index (χ1) is 12.5. The number of pyridine rings is 2. The van der Waals surface area contributed by atoms with E-state index in [0.29, 0.717) is 22.5 Å². The highest BCUT2D eigenvalue weighted by atomic mass is 19.1. The molecule has 1 fully saturated rings. The van der Waals surface area contributed by atoms with Crippen molar-refractivity contribution in [2.75, 3.05) is 17.3 Å². The first-order valence-corrected chi connectivity index (χ1v) is 8.49. The first-order valence-electron chi connectivity index (χ1n) is 8.49. The van der Waals surface area contributed by atoms with E-state index >= 15 is 0 Å². The maximum absolute atomic E-state index is 13.9. The van der Waals surface area contributed by atoms with E-state index in [0.717, 1.165) is 30.3 Å². The van der Waals surface area contributed by atoms with Crippen molar-refractivity contribution >= 4 is 29.1 Å². The minimum absolute atomic E-state index is 0.0193. The summed E-state index contributed by atoms with van der Waals surface area (Å²) in [5.74, 6) is 0.112. The number of nitrogens with zero attached hydrogens (tertiary/aromatic N) is 3. The summed E-state index contributed by atoms with van der Waals surface area (Å²) in [6.45, 7) is 1.66. The molecule has 1 unspecified atom stereocenters. The molecule has 134 valence electrons. The molecular weight excluding hydrogens is 335 g/mol. The number of anilines is 2. The van der Waals surface area contributed by atoms with Gasteiger partial charge >= 0.3 is 0 Å². The highest BCUT2D eigenvalue weighted by molar-refractivity contribution is 5.96. The van der Waals surface area contributed by atoms with Crippen molar-refractivity contribution in [1.82, 2.24) is 9.97 Å². The fourth-order valence-electron chi connectivity index (χ4n) is 3.10. The molecular formula is C19H19FN4O2. The molecule has 0 saturated heterocycles. The Morgan fingerprint density at radius 1 is 1.35 bits per heavy atom. The van der Waals surface area contributed by atoms with Gasteiger partial charge in [0.05, 0.1) is 11.9 Å². The molecule has 6 nitrogen and oxygen atoms in total. The molecule has 2 N–H and O–H groups in total. The Labute approximate surface area is 150 Å². The van der Waals surface area contributed by atoms with Gasteiger partial charge in [-0.3, -0.25) is 9.78 Å². The second-order valence-corrected chi connectivity index (χ2v) is 6.77. The van der Waals surface area contributed by atoms with Crippen molar-refractivity contribution in [2.45, 2.75) is 26.0 Å². The SMILES string of the molecule is Cc1c(F)cncc1C1=Cc2cnc(NC(=O)C3CC3)cc2N(C)C1O. The minimum Gasteiger partial charge on any atom is -0.369 e. The molecule has 1 amide bonds. The van der Waals surface area contributed by atoms with Crippen LogP contribution in [-0.4, -0.2) is 34.3 Å². The summed E-state index contributed by atoms with van der Waals surface area (Å²) in [6, 6.07) is 1.74. The zero-order chi connectivity index (χ0) is 18.4. The summed E-state index contributed by atoms with van der Waals surface area (Å²) in [7, 11) is 1.74. The Balaban J connectivity index is 1.71. The molecule has 4 rings (SSSR count). The van der Waals surface area contributed by atoms with Gasteiger partial charge in [0.25, 0.3) is 0 Å². The lowest BCUT2D eigenvalue weighted by molar-refractivity contribution is -0.117. The lowest BCUT2D eigenvalue weighted by Gasteiger charge is -2.33. The summed E-state index contributed by atoms with van der Waals surface area (Å²) in [4.78, 5) is 21.8. The van der Waals surface area contributed by atoms with Crippen LogP contribution in [0.15, 0.2) is 24.7 Å². The van der Waals surface area contributed by atoms with Crippen LogP contribution in [0.25, 0.3) is 11.6 Å². The molecule has 3 heterocycles. The van der Waals surface area contributed by atoms with Gasteiger partial charge in [0.1, 0.15) is 11.6 Å². The van der Waals surface area contributed by atoms with Crippen LogP contribution in [0.5, 0.6) is 0 Å². The van der Waals surface area contributed by atoms with E-state index in [1.54, 1.807) is 43.4 Å². The van der Waals surface area contributed by atoms with Crippen molar-refractivity contribution in [3.05, 3.63) is 47.2 Å². The first kappa shape index (κ1) is 16.7. The third kappa shape index (κ3) is 2.84. The van der Waals surface area contributed by atoms with E-state index in [9.17, 15) is 14.3 Å².